The van der Waals surface area contributed by atoms with E-state index in [1.807, 2.05) is 6.92 Å². The highest BCUT2D eigenvalue weighted by atomic mass is 19.1. The molecule has 1 fully saturated rings. The van der Waals surface area contributed by atoms with Gasteiger partial charge in [-0.1, -0.05) is 6.92 Å². The maximum atomic E-state index is 13.6. The minimum Gasteiger partial charge on any atom is -0.444 e. The van der Waals surface area contributed by atoms with Crippen molar-refractivity contribution in [3.8, 4) is 0 Å². The van der Waals surface area contributed by atoms with E-state index in [1.165, 1.54) is 21.2 Å². The lowest BCUT2D eigenvalue weighted by atomic mass is 10.0. The molecule has 0 bridgehead atoms. The monoisotopic (exact) mass is 539 g/mol. The average molecular weight is 540 g/mol. The zero-order chi connectivity index (χ0) is 28.1. The molecule has 206 valence electrons. The van der Waals surface area contributed by atoms with Crippen LogP contribution in [0.4, 0.5) is 15.0 Å². The van der Waals surface area contributed by atoms with Gasteiger partial charge in [0.1, 0.15) is 35.1 Å². The molecule has 0 radical (unpaired) electrons. The molecule has 0 atom stereocenters. The molecule has 13 heteroatoms. The summed E-state index contributed by atoms with van der Waals surface area (Å²) in [5.41, 5.74) is 0.367. The molecule has 1 saturated heterocycles. The topological polar surface area (TPSA) is 131 Å². The maximum absolute atomic E-state index is 13.6. The largest absolute Gasteiger partial charge is 0.444 e. The summed E-state index contributed by atoms with van der Waals surface area (Å²) in [5.74, 6) is -1.22. The van der Waals surface area contributed by atoms with Crippen LogP contribution in [0.15, 0.2) is 29.2 Å². The smallest absolute Gasteiger partial charge is 0.410 e. The van der Waals surface area contributed by atoms with Crippen molar-refractivity contribution in [1.29, 1.82) is 0 Å². The molecule has 0 unspecified atom stereocenters. The Morgan fingerprint density at radius 3 is 2.59 bits per heavy atom. The number of carbonyl (C=O) groups excluding carboxylic acids is 3. The summed E-state index contributed by atoms with van der Waals surface area (Å²) in [6.07, 6.45) is 1.15. The quantitative estimate of drug-likeness (QED) is 0.507. The normalized spacial score (nSPS) is 15.5. The van der Waals surface area contributed by atoms with Crippen molar-refractivity contribution in [2.75, 3.05) is 25.0 Å². The van der Waals surface area contributed by atoms with Gasteiger partial charge in [-0.25, -0.2) is 14.2 Å². The van der Waals surface area contributed by atoms with Crippen LogP contribution in [0.25, 0.3) is 5.65 Å². The minimum atomic E-state index is -0.596. The second kappa shape index (κ2) is 9.79. The molecule has 3 aromatic rings. The van der Waals surface area contributed by atoms with E-state index >= 15 is 0 Å². The zero-order valence-electron chi connectivity index (χ0n) is 22.2. The van der Waals surface area contributed by atoms with Gasteiger partial charge in [0, 0.05) is 31.6 Å². The molecule has 3 aromatic heterocycles. The lowest BCUT2D eigenvalue weighted by molar-refractivity contribution is -0.116. The highest BCUT2D eigenvalue weighted by Crippen LogP contribution is 2.27. The van der Waals surface area contributed by atoms with E-state index in [4.69, 9.17) is 4.74 Å². The Balaban J connectivity index is 1.38. The summed E-state index contributed by atoms with van der Waals surface area (Å²) in [6, 6.07) is 4.19. The number of hydrogen-bond acceptors (Lipinski definition) is 7. The number of aromatic nitrogens is 4. The number of hydrogen-bond donors (Lipinski definition) is 1. The van der Waals surface area contributed by atoms with E-state index in [1.54, 1.807) is 36.6 Å². The fraction of sp³-hybridized carbons (Fsp3) is 0.462. The number of nitrogens with one attached hydrogen (secondary N) is 1. The Labute approximate surface area is 223 Å². The lowest BCUT2D eigenvalue weighted by Gasteiger charge is -2.41. The molecule has 12 nitrogen and oxygen atoms in total. The third-order valence-corrected chi connectivity index (χ3v) is 6.61. The number of aryl methyl sites for hydroxylation is 1. The van der Waals surface area contributed by atoms with E-state index in [2.05, 4.69) is 15.4 Å². The summed E-state index contributed by atoms with van der Waals surface area (Å²) in [6.45, 7) is 8.32. The molecule has 0 saturated carbocycles. The van der Waals surface area contributed by atoms with Crippen LogP contribution in [0.2, 0.25) is 0 Å². The SMILES string of the molecule is CCc1cc2n(CC(=O)Nc3ccc(F)cn3)c3c(c(=O)n2n1)CN(CC1CN(C(=O)OC(C)(C)C)C1)C3=O. The third kappa shape index (κ3) is 5.20. The van der Waals surface area contributed by atoms with Crippen molar-refractivity contribution in [3.63, 3.8) is 0 Å². The molecule has 3 amide bonds. The van der Waals surface area contributed by atoms with Gasteiger partial charge in [-0.05, 0) is 39.3 Å². The van der Waals surface area contributed by atoms with Gasteiger partial charge in [-0.3, -0.25) is 14.4 Å². The van der Waals surface area contributed by atoms with E-state index < -0.39 is 29.0 Å². The van der Waals surface area contributed by atoms with E-state index in [0.29, 0.717) is 37.4 Å². The Kier molecular flexibility index (Phi) is 6.60. The van der Waals surface area contributed by atoms with Crippen molar-refractivity contribution in [2.24, 2.45) is 5.92 Å². The maximum Gasteiger partial charge on any atom is 0.410 e. The number of likely N-dealkylation sites (tertiary alicyclic amines) is 1. The number of carbonyl (C=O) groups is 3. The Morgan fingerprint density at radius 2 is 1.95 bits per heavy atom. The number of nitrogens with zero attached hydrogens (tertiary/aromatic N) is 6. The van der Waals surface area contributed by atoms with Gasteiger partial charge >= 0.3 is 6.09 Å². The Bertz CT molecular complexity index is 1520. The number of halogens is 1. The zero-order valence-corrected chi connectivity index (χ0v) is 22.2. The van der Waals surface area contributed by atoms with Gasteiger partial charge in [0.05, 0.1) is 24.0 Å². The molecule has 5 heterocycles. The van der Waals surface area contributed by atoms with Crippen LogP contribution in [0, 0.1) is 11.7 Å². The fourth-order valence-corrected chi connectivity index (χ4v) is 4.80. The summed E-state index contributed by atoms with van der Waals surface area (Å²) < 4.78 is 21.3. The lowest BCUT2D eigenvalue weighted by Crippen LogP contribution is -2.55. The summed E-state index contributed by atoms with van der Waals surface area (Å²) in [7, 11) is 0. The van der Waals surface area contributed by atoms with E-state index in [0.717, 1.165) is 6.20 Å². The third-order valence-electron chi connectivity index (χ3n) is 6.61. The highest BCUT2D eigenvalue weighted by molar-refractivity contribution is 5.98. The molecule has 0 aromatic carbocycles. The molecule has 39 heavy (non-hydrogen) atoms. The molecule has 0 aliphatic carbocycles. The molecular weight excluding hydrogens is 509 g/mol. The second-order valence-electron chi connectivity index (χ2n) is 10.8. The van der Waals surface area contributed by atoms with Gasteiger partial charge < -0.3 is 24.4 Å². The fourth-order valence-electron chi connectivity index (χ4n) is 4.80. The van der Waals surface area contributed by atoms with Crippen LogP contribution in [-0.2, 0) is 29.0 Å². The minimum absolute atomic E-state index is 0.0305. The standard InChI is InChI=1S/C26H30FN7O5/c1-5-17-8-21-33(14-20(35)29-19-7-6-16(27)9-28-19)22-18(23(36)34(21)30-17)13-31(24(22)37)10-15-11-32(12-15)25(38)39-26(2,3)4/h6-9,15H,5,10-14H2,1-4H3,(H,28,29,35). The summed E-state index contributed by atoms with van der Waals surface area (Å²) >= 11 is 0. The van der Waals surface area contributed by atoms with E-state index in [9.17, 15) is 23.6 Å². The van der Waals surface area contributed by atoms with Crippen LogP contribution >= 0.6 is 0 Å². The number of fused-ring (bicyclic) bond motifs is 2. The molecule has 2 aliphatic rings. The number of rotatable bonds is 6. The van der Waals surface area contributed by atoms with E-state index in [-0.39, 0.29) is 42.0 Å². The van der Waals surface area contributed by atoms with Crippen molar-refractivity contribution in [3.05, 3.63) is 57.5 Å². The molecule has 0 spiro atoms. The number of anilines is 1. The first-order valence-electron chi connectivity index (χ1n) is 12.8. The Morgan fingerprint density at radius 1 is 1.21 bits per heavy atom. The van der Waals surface area contributed by atoms with Gasteiger partial charge in [0.25, 0.3) is 11.5 Å². The van der Waals surface area contributed by atoms with Crippen LogP contribution < -0.4 is 10.9 Å². The average Bonchev–Trinajstić information content (AvgIpc) is 3.41. The van der Waals surface area contributed by atoms with Crippen LogP contribution in [0.5, 0.6) is 0 Å². The predicted octanol–water partition coefficient (Wildman–Crippen LogP) is 2.05. The Hall–Kier alpha value is -4.29. The number of ether oxygens (including phenoxy) is 1. The highest BCUT2D eigenvalue weighted by Gasteiger charge is 2.40. The molecule has 2 aliphatic heterocycles. The van der Waals surface area contributed by atoms with Crippen LogP contribution in [0.1, 0.15) is 49.4 Å². The molecule has 1 N–H and O–H groups in total. The predicted molar refractivity (Wildman–Crippen MR) is 138 cm³/mol. The van der Waals surface area contributed by atoms with Crippen molar-refractivity contribution >= 4 is 29.4 Å². The first-order chi connectivity index (χ1) is 18.4. The number of pyridine rings is 1. The first kappa shape index (κ1) is 26.3. The molecular formula is C26H30FN7O5. The second-order valence-corrected chi connectivity index (χ2v) is 10.8. The van der Waals surface area contributed by atoms with Gasteiger partial charge in [-0.15, -0.1) is 0 Å². The summed E-state index contributed by atoms with van der Waals surface area (Å²) in [5, 5.41) is 6.97. The van der Waals surface area contributed by atoms with Crippen molar-refractivity contribution < 1.29 is 23.5 Å². The van der Waals surface area contributed by atoms with Crippen LogP contribution in [-0.4, -0.2) is 72.1 Å². The van der Waals surface area contributed by atoms with Gasteiger partial charge in [0.2, 0.25) is 5.91 Å². The first-order valence-corrected chi connectivity index (χ1v) is 12.8. The van der Waals surface area contributed by atoms with Gasteiger partial charge in [-0.2, -0.15) is 9.61 Å². The summed E-state index contributed by atoms with van der Waals surface area (Å²) in [4.78, 5) is 59.1. The van der Waals surface area contributed by atoms with Crippen LogP contribution in [0.3, 0.4) is 0 Å². The van der Waals surface area contributed by atoms with Crippen molar-refractivity contribution in [1.82, 2.24) is 29.0 Å². The van der Waals surface area contributed by atoms with Gasteiger partial charge in [0.15, 0.2) is 0 Å². The van der Waals surface area contributed by atoms with Crippen molar-refractivity contribution in [2.45, 2.75) is 52.8 Å². The molecule has 5 rings (SSSR count). The number of amides is 3.